The molecule has 0 fully saturated rings. The number of rotatable bonds is 6. The molecule has 1 heteroatoms. The van der Waals surface area contributed by atoms with Gasteiger partial charge in [-0.1, -0.05) is 0 Å². The summed E-state index contributed by atoms with van der Waals surface area (Å²) in [6.45, 7) is 5.02. The standard InChI is InChI=1S/2C6H9.2C2H5.Pb/c2*1-6-4-2-3-5-6;2*1-2;/h2*2-3,6H,1,4-5H2;2*1H2,2H3;. The van der Waals surface area contributed by atoms with Crippen molar-refractivity contribution in [1.29, 1.82) is 0 Å². The van der Waals surface area contributed by atoms with Crippen LogP contribution in [0.25, 0.3) is 0 Å². The molecule has 0 saturated carbocycles. The van der Waals surface area contributed by atoms with Gasteiger partial charge < -0.3 is 0 Å². The van der Waals surface area contributed by atoms with E-state index in [1.807, 2.05) is 0 Å². The predicted octanol–water partition coefficient (Wildman–Crippen LogP) is 5.41. The van der Waals surface area contributed by atoms with Crippen molar-refractivity contribution in [3.05, 3.63) is 24.3 Å². The van der Waals surface area contributed by atoms with E-state index in [0.717, 1.165) is 11.8 Å². The fourth-order valence-electron chi connectivity index (χ4n) is 3.82. The summed E-state index contributed by atoms with van der Waals surface area (Å²) in [7, 11) is 0. The first-order valence-electron chi connectivity index (χ1n) is 7.58. The maximum absolute atomic E-state index is 2.51. The van der Waals surface area contributed by atoms with Gasteiger partial charge in [-0.25, -0.2) is 0 Å². The number of hydrogen-bond acceptors (Lipinski definition) is 0. The van der Waals surface area contributed by atoms with Crippen molar-refractivity contribution in [2.45, 2.75) is 55.5 Å². The van der Waals surface area contributed by atoms with E-state index in [9.17, 15) is 0 Å². The van der Waals surface area contributed by atoms with E-state index in [4.69, 9.17) is 0 Å². The van der Waals surface area contributed by atoms with Crippen LogP contribution in [0.4, 0.5) is 0 Å². The van der Waals surface area contributed by atoms with E-state index < -0.39 is 21.2 Å². The van der Waals surface area contributed by atoms with Crippen LogP contribution >= 0.6 is 0 Å². The minimum absolute atomic E-state index is 1.05. The molecule has 2 aliphatic rings. The molecule has 0 heterocycles. The van der Waals surface area contributed by atoms with E-state index in [1.165, 1.54) is 25.7 Å². The van der Waals surface area contributed by atoms with E-state index in [2.05, 4.69) is 38.2 Å². The Morgan fingerprint density at radius 3 is 1.41 bits per heavy atom. The van der Waals surface area contributed by atoms with Crippen LogP contribution in [0.2, 0.25) is 15.9 Å². The van der Waals surface area contributed by atoms with Gasteiger partial charge in [-0.2, -0.15) is 0 Å². The molecule has 0 nitrogen and oxygen atoms in total. The first-order chi connectivity index (χ1) is 8.28. The number of hydrogen-bond donors (Lipinski definition) is 0. The minimum atomic E-state index is -1.90. The Labute approximate surface area is 112 Å². The molecule has 0 radical (unpaired) electrons. The summed E-state index contributed by atoms with van der Waals surface area (Å²) in [4.78, 5) is 0. The van der Waals surface area contributed by atoms with Crippen molar-refractivity contribution in [3.63, 3.8) is 0 Å². The van der Waals surface area contributed by atoms with Gasteiger partial charge in [0.1, 0.15) is 0 Å². The Balaban J connectivity index is 1.92. The van der Waals surface area contributed by atoms with E-state index in [1.54, 1.807) is 15.9 Å². The van der Waals surface area contributed by atoms with Crippen LogP contribution in [0.1, 0.15) is 39.5 Å². The summed E-state index contributed by atoms with van der Waals surface area (Å²) in [5.41, 5.74) is 0. The van der Waals surface area contributed by atoms with Gasteiger partial charge in [-0.15, -0.1) is 0 Å². The predicted molar refractivity (Wildman–Crippen MR) is 80.1 cm³/mol. The Hall–Kier alpha value is 0.402. The maximum atomic E-state index is 2.51. The molecule has 0 aromatic heterocycles. The topological polar surface area (TPSA) is 0 Å². The van der Waals surface area contributed by atoms with Gasteiger partial charge in [-0.05, 0) is 0 Å². The Morgan fingerprint density at radius 1 is 0.765 bits per heavy atom. The monoisotopic (exact) mass is 428 g/mol. The van der Waals surface area contributed by atoms with Crippen molar-refractivity contribution in [2.24, 2.45) is 11.8 Å². The second kappa shape index (κ2) is 6.53. The van der Waals surface area contributed by atoms with Gasteiger partial charge in [-0.3, -0.25) is 0 Å². The third-order valence-electron chi connectivity index (χ3n) is 5.15. The second-order valence-electron chi connectivity index (χ2n) is 6.23. The van der Waals surface area contributed by atoms with Crippen LogP contribution in [-0.2, 0) is 0 Å². The zero-order valence-corrected chi connectivity index (χ0v) is 15.5. The first-order valence-corrected chi connectivity index (χ1v) is 18.6. The zero-order valence-electron chi connectivity index (χ0n) is 11.6. The molecular weight excluding hydrogens is 399 g/mol. The fraction of sp³-hybridized carbons (Fsp3) is 0.750. The number of allylic oxidation sites excluding steroid dienone is 4. The molecule has 0 spiro atoms. The normalized spacial score (nSPS) is 21.8. The average Bonchev–Trinajstić information content (AvgIpc) is 3.01. The van der Waals surface area contributed by atoms with Crippen LogP contribution < -0.4 is 0 Å². The van der Waals surface area contributed by atoms with E-state index >= 15 is 0 Å². The van der Waals surface area contributed by atoms with E-state index in [0.29, 0.717) is 0 Å². The molecule has 0 aromatic carbocycles. The van der Waals surface area contributed by atoms with Crippen LogP contribution in [0.3, 0.4) is 0 Å². The molecule has 2 aliphatic carbocycles. The van der Waals surface area contributed by atoms with Gasteiger partial charge >= 0.3 is 113 Å². The van der Waals surface area contributed by atoms with Gasteiger partial charge in [0.05, 0.1) is 0 Å². The van der Waals surface area contributed by atoms with Crippen LogP contribution in [0.5, 0.6) is 0 Å². The molecule has 0 N–H and O–H groups in total. The van der Waals surface area contributed by atoms with Crippen molar-refractivity contribution in [3.8, 4) is 0 Å². The molecule has 0 unspecified atom stereocenters. The molecule has 17 heavy (non-hydrogen) atoms. The Kier molecular flexibility index (Phi) is 5.31. The molecule has 0 aromatic rings. The molecule has 0 aliphatic heterocycles. The van der Waals surface area contributed by atoms with Gasteiger partial charge in [0, 0.05) is 0 Å². The van der Waals surface area contributed by atoms with Gasteiger partial charge in [0.2, 0.25) is 0 Å². The van der Waals surface area contributed by atoms with Crippen molar-refractivity contribution in [2.75, 3.05) is 0 Å². The summed E-state index contributed by atoms with van der Waals surface area (Å²) in [5, 5.41) is 0. The quantitative estimate of drug-likeness (QED) is 0.393. The van der Waals surface area contributed by atoms with Crippen LogP contribution in [-0.4, -0.2) is 21.2 Å². The third-order valence-corrected chi connectivity index (χ3v) is 28.0. The Morgan fingerprint density at radius 2 is 1.12 bits per heavy atom. The summed E-state index contributed by atoms with van der Waals surface area (Å²) < 4.78 is 6.56. The molecule has 0 amide bonds. The molecular formula is C16H28Pb. The summed E-state index contributed by atoms with van der Waals surface area (Å²) in [5.74, 6) is 2.09. The van der Waals surface area contributed by atoms with Crippen molar-refractivity contribution in [1.82, 2.24) is 0 Å². The summed E-state index contributed by atoms with van der Waals surface area (Å²) >= 11 is -1.90. The van der Waals surface area contributed by atoms with Crippen molar-refractivity contribution >= 4 is 21.2 Å². The van der Waals surface area contributed by atoms with Crippen molar-refractivity contribution < 1.29 is 0 Å². The Bertz CT molecular complexity index is 244. The SMILES string of the molecule is C[CH2][Pb]([CH2]C)([CH2]C1CC=CC1)[CH2]C1CC=CC1. The van der Waals surface area contributed by atoms with Crippen LogP contribution in [0.15, 0.2) is 24.3 Å². The molecule has 96 valence electrons. The summed E-state index contributed by atoms with van der Waals surface area (Å²) in [6, 6.07) is 0. The van der Waals surface area contributed by atoms with Gasteiger partial charge in [0.25, 0.3) is 0 Å². The van der Waals surface area contributed by atoms with E-state index in [-0.39, 0.29) is 0 Å². The molecule has 0 bridgehead atoms. The molecule has 2 rings (SSSR count). The van der Waals surface area contributed by atoms with Gasteiger partial charge in [0.15, 0.2) is 0 Å². The third kappa shape index (κ3) is 3.68. The fourth-order valence-corrected chi connectivity index (χ4v) is 23.0. The zero-order chi connectivity index (χ0) is 12.1. The van der Waals surface area contributed by atoms with Crippen LogP contribution in [0, 0.1) is 11.8 Å². The molecule has 0 saturated heterocycles. The average molecular weight is 428 g/mol. The summed E-state index contributed by atoms with van der Waals surface area (Å²) in [6.07, 6.45) is 15.3. The first kappa shape index (κ1) is 13.8. The second-order valence-corrected chi connectivity index (χ2v) is 26.6. The molecule has 0 atom stereocenters.